The van der Waals surface area contributed by atoms with Gasteiger partial charge in [-0.05, 0) is 26.0 Å². The quantitative estimate of drug-likeness (QED) is 0.859. The molecule has 20 heavy (non-hydrogen) atoms. The Hall–Kier alpha value is -1.15. The molecule has 0 saturated carbocycles. The number of nitriles is 1. The number of benzene rings is 1. The molecule has 0 radical (unpaired) electrons. The Kier molecular flexibility index (Phi) is 4.64. The van der Waals surface area contributed by atoms with Crippen LogP contribution in [0.5, 0.6) is 0 Å². The van der Waals surface area contributed by atoms with Gasteiger partial charge in [0.05, 0.1) is 6.07 Å². The SMILES string of the molecule is CC(C)(C#N)N1CCN(Cc2ccc(Cl)cc2F)CC1. The van der Waals surface area contributed by atoms with Gasteiger partial charge in [-0.25, -0.2) is 4.39 Å². The highest BCUT2D eigenvalue weighted by Gasteiger charge is 2.29. The summed E-state index contributed by atoms with van der Waals surface area (Å²) in [5.41, 5.74) is 0.236. The zero-order chi connectivity index (χ0) is 14.8. The van der Waals surface area contributed by atoms with Crippen LogP contribution in [-0.4, -0.2) is 41.5 Å². The minimum Gasteiger partial charge on any atom is -0.296 e. The molecule has 5 heteroatoms. The maximum Gasteiger partial charge on any atom is 0.129 e. The summed E-state index contributed by atoms with van der Waals surface area (Å²) in [4.78, 5) is 4.37. The molecule has 0 unspecified atom stereocenters. The Morgan fingerprint density at radius 1 is 1.30 bits per heavy atom. The van der Waals surface area contributed by atoms with Crippen molar-refractivity contribution in [3.63, 3.8) is 0 Å². The molecule has 3 nitrogen and oxygen atoms in total. The second-order valence-corrected chi connectivity index (χ2v) is 6.11. The molecule has 0 aromatic heterocycles. The van der Waals surface area contributed by atoms with Crippen molar-refractivity contribution in [3.8, 4) is 6.07 Å². The fourth-order valence-corrected chi connectivity index (χ4v) is 2.59. The van der Waals surface area contributed by atoms with Crippen LogP contribution >= 0.6 is 11.6 Å². The fraction of sp³-hybridized carbons (Fsp3) is 0.533. The zero-order valence-electron chi connectivity index (χ0n) is 11.9. The minimum absolute atomic E-state index is 0.253. The van der Waals surface area contributed by atoms with Gasteiger partial charge in [-0.1, -0.05) is 17.7 Å². The number of rotatable bonds is 3. The molecule has 1 aliphatic rings. The highest BCUT2D eigenvalue weighted by atomic mass is 35.5. The molecule has 1 aromatic carbocycles. The van der Waals surface area contributed by atoms with Gasteiger partial charge in [0.25, 0.3) is 0 Å². The molecular formula is C15H19ClFN3. The molecule has 0 aliphatic carbocycles. The van der Waals surface area contributed by atoms with Crippen molar-refractivity contribution in [2.45, 2.75) is 25.9 Å². The van der Waals surface area contributed by atoms with Crippen molar-refractivity contribution >= 4 is 11.6 Å². The van der Waals surface area contributed by atoms with Gasteiger partial charge in [0.15, 0.2) is 0 Å². The third-order valence-corrected chi connectivity index (χ3v) is 4.08. The Labute approximate surface area is 124 Å². The van der Waals surface area contributed by atoms with E-state index in [1.54, 1.807) is 12.1 Å². The summed E-state index contributed by atoms with van der Waals surface area (Å²) in [6, 6.07) is 7.13. The molecule has 0 atom stereocenters. The molecule has 1 fully saturated rings. The van der Waals surface area contributed by atoms with Crippen LogP contribution in [0.25, 0.3) is 0 Å². The fourth-order valence-electron chi connectivity index (χ4n) is 2.43. The standard InChI is InChI=1S/C15H19ClFN3/c1-15(2,11-18)20-7-5-19(6-8-20)10-12-3-4-13(16)9-14(12)17/h3-4,9H,5-8,10H2,1-2H3. The van der Waals surface area contributed by atoms with E-state index in [1.165, 1.54) is 6.07 Å². The first-order valence-corrected chi connectivity index (χ1v) is 7.13. The molecule has 0 bridgehead atoms. The van der Waals surface area contributed by atoms with Gasteiger partial charge in [0.1, 0.15) is 11.4 Å². The molecule has 1 aliphatic heterocycles. The average Bonchev–Trinajstić information content (AvgIpc) is 2.42. The lowest BCUT2D eigenvalue weighted by molar-refractivity contribution is 0.0758. The van der Waals surface area contributed by atoms with E-state index in [4.69, 9.17) is 16.9 Å². The van der Waals surface area contributed by atoms with Crippen LogP contribution in [0.3, 0.4) is 0 Å². The second kappa shape index (κ2) is 6.09. The van der Waals surface area contributed by atoms with Gasteiger partial charge < -0.3 is 0 Å². The first kappa shape index (κ1) is 15.2. The Balaban J connectivity index is 1.93. The zero-order valence-corrected chi connectivity index (χ0v) is 12.6. The number of nitrogens with zero attached hydrogens (tertiary/aromatic N) is 3. The lowest BCUT2D eigenvalue weighted by Gasteiger charge is -2.40. The van der Waals surface area contributed by atoms with Crippen LogP contribution in [0.1, 0.15) is 19.4 Å². The third kappa shape index (κ3) is 3.49. The predicted molar refractivity (Wildman–Crippen MR) is 78.0 cm³/mol. The van der Waals surface area contributed by atoms with E-state index in [2.05, 4.69) is 15.9 Å². The maximum atomic E-state index is 13.8. The normalized spacial score (nSPS) is 17.9. The smallest absolute Gasteiger partial charge is 0.129 e. The summed E-state index contributed by atoms with van der Waals surface area (Å²) in [6.07, 6.45) is 0. The number of halogens is 2. The highest BCUT2D eigenvalue weighted by Crippen LogP contribution is 2.19. The topological polar surface area (TPSA) is 30.3 Å². The molecule has 1 saturated heterocycles. The third-order valence-electron chi connectivity index (χ3n) is 3.85. The van der Waals surface area contributed by atoms with Crippen molar-refractivity contribution in [3.05, 3.63) is 34.6 Å². The first-order chi connectivity index (χ1) is 9.42. The van der Waals surface area contributed by atoms with Crippen molar-refractivity contribution in [2.24, 2.45) is 0 Å². The van der Waals surface area contributed by atoms with Gasteiger partial charge in [-0.2, -0.15) is 5.26 Å². The molecule has 2 rings (SSSR count). The monoisotopic (exact) mass is 295 g/mol. The van der Waals surface area contributed by atoms with Crippen LogP contribution in [0, 0.1) is 17.1 Å². The predicted octanol–water partition coefficient (Wildman–Crippen LogP) is 2.90. The molecule has 0 N–H and O–H groups in total. The lowest BCUT2D eigenvalue weighted by atomic mass is 10.0. The largest absolute Gasteiger partial charge is 0.296 e. The van der Waals surface area contributed by atoms with Crippen LogP contribution in [0.2, 0.25) is 5.02 Å². The maximum absolute atomic E-state index is 13.8. The van der Waals surface area contributed by atoms with Gasteiger partial charge in [-0.3, -0.25) is 9.80 Å². The molecule has 108 valence electrons. The summed E-state index contributed by atoms with van der Waals surface area (Å²) in [6.45, 7) is 7.79. The van der Waals surface area contributed by atoms with Crippen LogP contribution in [0.4, 0.5) is 4.39 Å². The van der Waals surface area contributed by atoms with Crippen molar-refractivity contribution < 1.29 is 4.39 Å². The summed E-state index contributed by atoms with van der Waals surface area (Å²) in [5.74, 6) is -0.253. The van der Waals surface area contributed by atoms with Crippen molar-refractivity contribution in [1.29, 1.82) is 5.26 Å². The van der Waals surface area contributed by atoms with E-state index in [0.717, 1.165) is 26.2 Å². The molecular weight excluding hydrogens is 277 g/mol. The van der Waals surface area contributed by atoms with Crippen molar-refractivity contribution in [1.82, 2.24) is 9.80 Å². The Morgan fingerprint density at radius 3 is 2.50 bits per heavy atom. The summed E-state index contributed by atoms with van der Waals surface area (Å²) in [7, 11) is 0. The van der Waals surface area contributed by atoms with E-state index >= 15 is 0 Å². The summed E-state index contributed by atoms with van der Waals surface area (Å²) in [5, 5.41) is 9.57. The molecule has 0 spiro atoms. The van der Waals surface area contributed by atoms with E-state index in [-0.39, 0.29) is 5.82 Å². The van der Waals surface area contributed by atoms with Gasteiger partial charge >= 0.3 is 0 Å². The Bertz CT molecular complexity index is 516. The van der Waals surface area contributed by atoms with Crippen LogP contribution in [-0.2, 0) is 6.54 Å². The molecule has 1 heterocycles. The van der Waals surface area contributed by atoms with E-state index in [1.807, 2.05) is 13.8 Å². The average molecular weight is 296 g/mol. The second-order valence-electron chi connectivity index (χ2n) is 5.67. The van der Waals surface area contributed by atoms with Gasteiger partial charge in [0, 0.05) is 43.3 Å². The van der Waals surface area contributed by atoms with E-state index < -0.39 is 5.54 Å². The molecule has 1 aromatic rings. The Morgan fingerprint density at radius 2 is 1.95 bits per heavy atom. The summed E-state index contributed by atoms with van der Waals surface area (Å²) >= 11 is 5.75. The number of piperazine rings is 1. The number of hydrogen-bond acceptors (Lipinski definition) is 3. The van der Waals surface area contributed by atoms with E-state index in [0.29, 0.717) is 17.1 Å². The van der Waals surface area contributed by atoms with E-state index in [9.17, 15) is 4.39 Å². The number of hydrogen-bond donors (Lipinski definition) is 0. The van der Waals surface area contributed by atoms with Crippen molar-refractivity contribution in [2.75, 3.05) is 26.2 Å². The van der Waals surface area contributed by atoms with Gasteiger partial charge in [-0.15, -0.1) is 0 Å². The highest BCUT2D eigenvalue weighted by molar-refractivity contribution is 6.30. The first-order valence-electron chi connectivity index (χ1n) is 6.75. The summed E-state index contributed by atoms with van der Waals surface area (Å²) < 4.78 is 13.8. The molecule has 0 amide bonds. The lowest BCUT2D eigenvalue weighted by Crippen LogP contribution is -2.53. The minimum atomic E-state index is -0.433. The van der Waals surface area contributed by atoms with Gasteiger partial charge in [0.2, 0.25) is 0 Å². The van der Waals surface area contributed by atoms with Crippen LogP contribution in [0.15, 0.2) is 18.2 Å². The van der Waals surface area contributed by atoms with Crippen LogP contribution < -0.4 is 0 Å².